The number of benzene rings is 3. The highest BCUT2D eigenvalue weighted by Gasteiger charge is 2.12. The third-order valence-electron chi connectivity index (χ3n) is 4.72. The molecule has 0 bridgehead atoms. The molecule has 0 aliphatic rings. The van der Waals surface area contributed by atoms with E-state index in [1.54, 1.807) is 60.7 Å². The van der Waals surface area contributed by atoms with Crippen LogP contribution in [0.1, 0.15) is 30.1 Å². The van der Waals surface area contributed by atoms with Crippen LogP contribution in [0.25, 0.3) is 22.6 Å². The first-order valence-corrected chi connectivity index (χ1v) is 10.8. The number of amides is 1. The summed E-state index contributed by atoms with van der Waals surface area (Å²) in [6.45, 7) is 2.78. The molecule has 158 valence electrons. The quantitative estimate of drug-likeness (QED) is 0.299. The fraction of sp³-hybridized carbons (Fsp3) is 0.167. The number of aromatic hydroxyl groups is 1. The van der Waals surface area contributed by atoms with Crippen molar-refractivity contribution < 1.29 is 19.1 Å². The van der Waals surface area contributed by atoms with E-state index in [0.717, 1.165) is 24.2 Å². The van der Waals surface area contributed by atoms with Gasteiger partial charge in [0.1, 0.15) is 17.0 Å². The summed E-state index contributed by atoms with van der Waals surface area (Å²) in [6, 6.07) is 17.4. The molecule has 0 radical (unpaired) electrons. The van der Waals surface area contributed by atoms with Crippen LogP contribution in [0, 0.1) is 0 Å². The van der Waals surface area contributed by atoms with Crippen LogP contribution >= 0.6 is 15.9 Å². The number of anilines is 1. The van der Waals surface area contributed by atoms with Crippen molar-refractivity contribution in [3.63, 3.8) is 0 Å². The molecule has 0 fully saturated rings. The zero-order valence-corrected chi connectivity index (χ0v) is 18.5. The molecule has 3 aromatic carbocycles. The summed E-state index contributed by atoms with van der Waals surface area (Å²) in [5, 5.41) is 12.5. The highest BCUT2D eigenvalue weighted by atomic mass is 79.9. The lowest BCUT2D eigenvalue weighted by molar-refractivity contribution is 0.102. The number of nitrogens with one attached hydrogen (secondary N) is 1. The Hall–Kier alpha value is -3.32. The molecule has 0 aliphatic carbocycles. The fourth-order valence-corrected chi connectivity index (χ4v) is 3.39. The van der Waals surface area contributed by atoms with Crippen LogP contribution in [0.2, 0.25) is 0 Å². The summed E-state index contributed by atoms with van der Waals surface area (Å²) in [6.07, 6.45) is 2.07. The number of carbonyl (C=O) groups is 1. The lowest BCUT2D eigenvalue weighted by Crippen LogP contribution is -2.11. The Kier molecular flexibility index (Phi) is 6.23. The number of fused-ring (bicyclic) bond motifs is 1. The molecule has 0 unspecified atom stereocenters. The van der Waals surface area contributed by atoms with Crippen LogP contribution in [-0.4, -0.2) is 22.6 Å². The topological polar surface area (TPSA) is 84.6 Å². The van der Waals surface area contributed by atoms with Crippen molar-refractivity contribution in [2.24, 2.45) is 0 Å². The van der Waals surface area contributed by atoms with E-state index in [1.807, 2.05) is 0 Å². The Balaban J connectivity index is 1.48. The maximum absolute atomic E-state index is 12.6. The molecule has 1 amide bonds. The second-order valence-corrected chi connectivity index (χ2v) is 7.90. The molecule has 0 aliphatic heterocycles. The van der Waals surface area contributed by atoms with E-state index >= 15 is 0 Å². The number of oxazole rings is 1. The average Bonchev–Trinajstić information content (AvgIpc) is 3.20. The first-order chi connectivity index (χ1) is 15.0. The SMILES string of the molecule is CCCCOc1ccc(C(=O)Nc2ccc3oc(-c4ccc(O)c(Br)c4)nc3c2)cc1. The molecule has 0 saturated heterocycles. The second kappa shape index (κ2) is 9.22. The van der Waals surface area contributed by atoms with Crippen LogP contribution in [0.3, 0.4) is 0 Å². The van der Waals surface area contributed by atoms with Crippen LogP contribution in [0.5, 0.6) is 11.5 Å². The number of halogens is 1. The number of phenols is 1. The van der Waals surface area contributed by atoms with E-state index in [9.17, 15) is 9.90 Å². The van der Waals surface area contributed by atoms with E-state index in [-0.39, 0.29) is 11.7 Å². The largest absolute Gasteiger partial charge is 0.507 e. The zero-order chi connectivity index (χ0) is 21.8. The third kappa shape index (κ3) is 4.88. The van der Waals surface area contributed by atoms with Gasteiger partial charge < -0.3 is 19.6 Å². The Labute approximate surface area is 188 Å². The summed E-state index contributed by atoms with van der Waals surface area (Å²) >= 11 is 3.29. The molecule has 4 rings (SSSR count). The van der Waals surface area contributed by atoms with Crippen molar-refractivity contribution in [2.75, 3.05) is 11.9 Å². The van der Waals surface area contributed by atoms with Crippen molar-refractivity contribution in [1.82, 2.24) is 4.98 Å². The smallest absolute Gasteiger partial charge is 0.255 e. The minimum atomic E-state index is -0.217. The number of nitrogens with zero attached hydrogens (tertiary/aromatic N) is 1. The monoisotopic (exact) mass is 480 g/mol. The van der Waals surface area contributed by atoms with Crippen LogP contribution in [0.15, 0.2) is 69.6 Å². The maximum Gasteiger partial charge on any atom is 0.255 e. The second-order valence-electron chi connectivity index (χ2n) is 7.05. The molecule has 0 spiro atoms. The van der Waals surface area contributed by atoms with Crippen molar-refractivity contribution in [3.8, 4) is 23.0 Å². The molecular weight excluding hydrogens is 460 g/mol. The summed E-state index contributed by atoms with van der Waals surface area (Å²) in [5.41, 5.74) is 3.11. The number of carbonyl (C=O) groups excluding carboxylic acids is 1. The highest BCUT2D eigenvalue weighted by molar-refractivity contribution is 9.10. The first kappa shape index (κ1) is 20.9. The van der Waals surface area contributed by atoms with Gasteiger partial charge in [-0.15, -0.1) is 0 Å². The predicted octanol–water partition coefficient (Wildman–Crippen LogP) is 6.39. The van der Waals surface area contributed by atoms with E-state index in [4.69, 9.17) is 9.15 Å². The van der Waals surface area contributed by atoms with E-state index in [0.29, 0.717) is 39.3 Å². The van der Waals surface area contributed by atoms with Gasteiger partial charge in [-0.25, -0.2) is 4.98 Å². The number of phenolic OH excluding ortho intramolecular Hbond substituents is 1. The Morgan fingerprint density at radius 2 is 1.94 bits per heavy atom. The van der Waals surface area contributed by atoms with Gasteiger partial charge in [0.05, 0.1) is 11.1 Å². The number of hydrogen-bond acceptors (Lipinski definition) is 5. The van der Waals surface area contributed by atoms with Gasteiger partial charge in [0.25, 0.3) is 5.91 Å². The van der Waals surface area contributed by atoms with Crippen molar-refractivity contribution in [2.45, 2.75) is 19.8 Å². The van der Waals surface area contributed by atoms with Crippen molar-refractivity contribution >= 4 is 38.6 Å². The van der Waals surface area contributed by atoms with Gasteiger partial charge in [0.15, 0.2) is 5.58 Å². The molecule has 0 saturated carbocycles. The lowest BCUT2D eigenvalue weighted by atomic mass is 10.2. The average molecular weight is 481 g/mol. The zero-order valence-electron chi connectivity index (χ0n) is 16.9. The van der Waals surface area contributed by atoms with Crippen LogP contribution in [0.4, 0.5) is 5.69 Å². The Morgan fingerprint density at radius 3 is 2.68 bits per heavy atom. The fourth-order valence-electron chi connectivity index (χ4n) is 3.01. The van der Waals surface area contributed by atoms with Gasteiger partial charge in [-0.3, -0.25) is 4.79 Å². The van der Waals surface area contributed by atoms with E-state index < -0.39 is 0 Å². The molecule has 7 heteroatoms. The van der Waals surface area contributed by atoms with Gasteiger partial charge in [-0.1, -0.05) is 13.3 Å². The number of ether oxygens (including phenoxy) is 1. The number of aromatic nitrogens is 1. The van der Waals surface area contributed by atoms with Crippen molar-refractivity contribution in [1.29, 1.82) is 0 Å². The Morgan fingerprint density at radius 1 is 1.13 bits per heavy atom. The van der Waals surface area contributed by atoms with Crippen LogP contribution in [-0.2, 0) is 0 Å². The number of unbranched alkanes of at least 4 members (excludes halogenated alkanes) is 1. The summed E-state index contributed by atoms with van der Waals surface area (Å²) < 4.78 is 12.0. The summed E-state index contributed by atoms with van der Waals surface area (Å²) in [5.74, 6) is 1.11. The summed E-state index contributed by atoms with van der Waals surface area (Å²) in [7, 11) is 0. The molecule has 6 nitrogen and oxygen atoms in total. The summed E-state index contributed by atoms with van der Waals surface area (Å²) in [4.78, 5) is 17.1. The predicted molar refractivity (Wildman–Crippen MR) is 124 cm³/mol. The first-order valence-electron chi connectivity index (χ1n) is 9.97. The third-order valence-corrected chi connectivity index (χ3v) is 5.36. The standard InChI is InChI=1S/C24H21BrN2O4/c1-2-3-12-30-18-8-4-15(5-9-18)23(29)26-17-7-11-22-20(14-17)27-24(31-22)16-6-10-21(28)19(25)13-16/h4-11,13-14,28H,2-3,12H2,1H3,(H,26,29). The van der Waals surface area contributed by atoms with Gasteiger partial charge in [0, 0.05) is 16.8 Å². The van der Waals surface area contributed by atoms with Gasteiger partial charge in [0.2, 0.25) is 5.89 Å². The molecular formula is C24H21BrN2O4. The molecule has 1 aromatic heterocycles. The van der Waals surface area contributed by atoms with Crippen molar-refractivity contribution in [3.05, 3.63) is 70.7 Å². The maximum atomic E-state index is 12.6. The minimum absolute atomic E-state index is 0.144. The van der Waals surface area contributed by atoms with E-state index in [2.05, 4.69) is 33.2 Å². The van der Waals surface area contributed by atoms with Gasteiger partial charge in [-0.05, 0) is 83.0 Å². The number of hydrogen-bond donors (Lipinski definition) is 2. The molecule has 31 heavy (non-hydrogen) atoms. The van der Waals surface area contributed by atoms with Crippen LogP contribution < -0.4 is 10.1 Å². The molecule has 4 aromatic rings. The Bertz CT molecular complexity index is 1220. The molecule has 1 heterocycles. The minimum Gasteiger partial charge on any atom is -0.507 e. The lowest BCUT2D eigenvalue weighted by Gasteiger charge is -2.07. The van der Waals surface area contributed by atoms with Gasteiger partial charge >= 0.3 is 0 Å². The normalized spacial score (nSPS) is 10.9. The number of rotatable bonds is 7. The van der Waals surface area contributed by atoms with E-state index in [1.165, 1.54) is 0 Å². The molecule has 2 N–H and O–H groups in total. The molecule has 0 atom stereocenters. The van der Waals surface area contributed by atoms with Gasteiger partial charge in [-0.2, -0.15) is 0 Å². The highest BCUT2D eigenvalue weighted by Crippen LogP contribution is 2.31.